The zero-order valence-corrected chi connectivity index (χ0v) is 20.0. The fourth-order valence-corrected chi connectivity index (χ4v) is 5.24. The second-order valence-corrected chi connectivity index (χ2v) is 9.49. The van der Waals surface area contributed by atoms with Crippen LogP contribution in [-0.4, -0.2) is 56.0 Å². The smallest absolute Gasteiger partial charge is 0.294 e. The van der Waals surface area contributed by atoms with Gasteiger partial charge >= 0.3 is 0 Å². The molecule has 34 heavy (non-hydrogen) atoms. The molecule has 1 aromatic carbocycles. The molecule has 0 N–H and O–H groups in total. The van der Waals surface area contributed by atoms with Crippen LogP contribution in [0.25, 0.3) is 11.8 Å². The fourth-order valence-electron chi connectivity index (χ4n) is 4.41. The van der Waals surface area contributed by atoms with Crippen molar-refractivity contribution in [2.45, 2.75) is 39.5 Å². The van der Waals surface area contributed by atoms with E-state index in [4.69, 9.17) is 0 Å². The number of benzene rings is 1. The maximum Gasteiger partial charge on any atom is 0.294 e. The zero-order chi connectivity index (χ0) is 24.4. The van der Waals surface area contributed by atoms with E-state index in [1.807, 2.05) is 24.5 Å². The number of thioether (sulfide) groups is 1. The maximum atomic E-state index is 13.0. The number of carbonyl (C=O) groups is 3. The molecule has 0 atom stereocenters. The van der Waals surface area contributed by atoms with Crippen molar-refractivity contribution in [2.24, 2.45) is 0 Å². The Kier molecular flexibility index (Phi) is 6.87. The average Bonchev–Trinajstić information content (AvgIpc) is 3.09. The van der Waals surface area contributed by atoms with Gasteiger partial charge in [-0.2, -0.15) is 0 Å². The number of hydrogen-bond donors (Lipinski definition) is 0. The molecule has 3 amide bonds. The summed E-state index contributed by atoms with van der Waals surface area (Å²) in [6.07, 6.45) is 5.70. The average molecular weight is 483 g/mol. The molecule has 4 rings (SSSR count). The third-order valence-corrected chi connectivity index (χ3v) is 7.09. The first-order valence-electron chi connectivity index (χ1n) is 11.2. The number of aromatic nitrogens is 1. The number of nitro benzene ring substituents is 1. The van der Waals surface area contributed by atoms with Gasteiger partial charge in [-0.15, -0.1) is 0 Å². The summed E-state index contributed by atoms with van der Waals surface area (Å²) in [7, 11) is 0. The van der Waals surface area contributed by atoms with E-state index >= 15 is 0 Å². The van der Waals surface area contributed by atoms with E-state index in [1.54, 1.807) is 23.1 Å². The summed E-state index contributed by atoms with van der Waals surface area (Å²) in [5.41, 5.74) is 2.97. The molecule has 0 unspecified atom stereocenters. The van der Waals surface area contributed by atoms with E-state index < -0.39 is 16.1 Å². The van der Waals surface area contributed by atoms with Crippen LogP contribution in [0.3, 0.4) is 0 Å². The van der Waals surface area contributed by atoms with Crippen molar-refractivity contribution in [3.63, 3.8) is 0 Å². The lowest BCUT2D eigenvalue weighted by molar-refractivity contribution is -0.384. The number of likely N-dealkylation sites (tertiary alicyclic amines) is 1. The van der Waals surface area contributed by atoms with Gasteiger partial charge in [0, 0.05) is 36.6 Å². The molecule has 1 aromatic heterocycles. The minimum atomic E-state index is -0.474. The van der Waals surface area contributed by atoms with Gasteiger partial charge in [0.05, 0.1) is 15.5 Å². The monoisotopic (exact) mass is 482 g/mol. The Morgan fingerprint density at radius 2 is 1.82 bits per heavy atom. The number of hydrogen-bond acceptors (Lipinski definition) is 6. The first-order valence-corrected chi connectivity index (χ1v) is 12.0. The highest BCUT2D eigenvalue weighted by atomic mass is 32.2. The van der Waals surface area contributed by atoms with Gasteiger partial charge < -0.3 is 9.47 Å². The lowest BCUT2D eigenvalue weighted by Gasteiger charge is -2.22. The number of rotatable bonds is 5. The Labute approximate surface area is 201 Å². The summed E-state index contributed by atoms with van der Waals surface area (Å²) in [4.78, 5) is 51.9. The van der Waals surface area contributed by atoms with Gasteiger partial charge in [-0.25, -0.2) is 0 Å². The van der Waals surface area contributed by atoms with Gasteiger partial charge in [0.2, 0.25) is 5.91 Å². The summed E-state index contributed by atoms with van der Waals surface area (Å²) in [6.45, 7) is 4.80. The summed E-state index contributed by atoms with van der Waals surface area (Å²) < 4.78 is 1.87. The molecule has 2 aromatic rings. The minimum absolute atomic E-state index is 0.0123. The minimum Gasteiger partial charge on any atom is -0.341 e. The molecule has 0 spiro atoms. The van der Waals surface area contributed by atoms with Crippen LogP contribution < -0.4 is 0 Å². The molecular weight excluding hydrogens is 456 g/mol. The van der Waals surface area contributed by atoms with Crippen LogP contribution in [-0.2, 0) is 9.59 Å². The van der Waals surface area contributed by atoms with E-state index in [-0.39, 0.29) is 23.0 Å². The standard InChI is InChI=1S/C24H26N4O5S/c1-16-12-18(17(2)27(16)19-8-7-9-20(14-19)28(32)33)13-21-23(30)26(24(31)34-21)15-22(29)25-10-5-3-4-6-11-25/h7-9,12-14H,3-6,10-11,15H2,1-2H3. The van der Waals surface area contributed by atoms with Crippen molar-refractivity contribution < 1.29 is 19.3 Å². The second kappa shape index (κ2) is 9.84. The van der Waals surface area contributed by atoms with E-state index in [9.17, 15) is 24.5 Å². The summed E-state index contributed by atoms with van der Waals surface area (Å²) in [6, 6.07) is 8.19. The largest absolute Gasteiger partial charge is 0.341 e. The van der Waals surface area contributed by atoms with Gasteiger partial charge in [-0.1, -0.05) is 18.9 Å². The van der Waals surface area contributed by atoms with Crippen LogP contribution in [0.5, 0.6) is 0 Å². The first kappa shape index (κ1) is 23.7. The van der Waals surface area contributed by atoms with Crippen molar-refractivity contribution in [3.8, 4) is 5.69 Å². The third-order valence-electron chi connectivity index (χ3n) is 6.18. The maximum absolute atomic E-state index is 13.0. The topological polar surface area (TPSA) is 106 Å². The molecule has 2 saturated heterocycles. The number of imide groups is 1. The molecule has 2 fully saturated rings. The van der Waals surface area contributed by atoms with Crippen molar-refractivity contribution in [1.29, 1.82) is 0 Å². The molecule has 178 valence electrons. The molecular formula is C24H26N4O5S. The van der Waals surface area contributed by atoms with Crippen LogP contribution in [0.4, 0.5) is 10.5 Å². The molecule has 0 aliphatic carbocycles. The number of nitrogens with zero attached hydrogens (tertiary/aromatic N) is 4. The molecule has 2 aliphatic rings. The molecule has 3 heterocycles. The lowest BCUT2D eigenvalue weighted by atomic mass is 10.2. The van der Waals surface area contributed by atoms with Crippen molar-refractivity contribution in [3.05, 3.63) is 62.3 Å². The second-order valence-electron chi connectivity index (χ2n) is 8.50. The summed E-state index contributed by atoms with van der Waals surface area (Å²) >= 11 is 0.825. The Hall–Kier alpha value is -3.40. The Balaban J connectivity index is 1.56. The van der Waals surface area contributed by atoms with Gasteiger partial charge in [0.25, 0.3) is 16.8 Å². The van der Waals surface area contributed by atoms with Gasteiger partial charge in [0.1, 0.15) is 6.54 Å². The van der Waals surface area contributed by atoms with Crippen molar-refractivity contribution in [2.75, 3.05) is 19.6 Å². The van der Waals surface area contributed by atoms with Crippen LogP contribution >= 0.6 is 11.8 Å². The molecule has 10 heteroatoms. The normalized spacial score (nSPS) is 18.0. The van der Waals surface area contributed by atoms with Crippen LogP contribution in [0.2, 0.25) is 0 Å². The highest BCUT2D eigenvalue weighted by Gasteiger charge is 2.37. The quantitative estimate of drug-likeness (QED) is 0.354. The highest BCUT2D eigenvalue weighted by molar-refractivity contribution is 8.18. The number of amides is 3. The van der Waals surface area contributed by atoms with Gasteiger partial charge in [0.15, 0.2) is 0 Å². The number of carbonyl (C=O) groups excluding carboxylic acids is 3. The molecule has 0 saturated carbocycles. The number of aryl methyl sites for hydroxylation is 1. The van der Waals surface area contributed by atoms with E-state index in [0.717, 1.165) is 59.3 Å². The molecule has 9 nitrogen and oxygen atoms in total. The SMILES string of the molecule is Cc1cc(C=C2SC(=O)N(CC(=O)N3CCCCCC3)C2=O)c(C)n1-c1cccc([N+](=O)[O-])c1. The Morgan fingerprint density at radius 3 is 2.50 bits per heavy atom. The number of non-ortho nitro benzene ring substituents is 1. The van der Waals surface area contributed by atoms with Crippen molar-refractivity contribution >= 4 is 40.6 Å². The Morgan fingerprint density at radius 1 is 1.12 bits per heavy atom. The number of nitro groups is 1. The van der Waals surface area contributed by atoms with E-state index in [2.05, 4.69) is 0 Å². The summed E-state index contributed by atoms with van der Waals surface area (Å²) in [5, 5.41) is 10.7. The molecule has 0 bridgehead atoms. The lowest BCUT2D eigenvalue weighted by Crippen LogP contribution is -2.42. The predicted octanol–water partition coefficient (Wildman–Crippen LogP) is 4.44. The Bertz CT molecular complexity index is 1190. The van der Waals surface area contributed by atoms with Crippen LogP contribution in [0.15, 0.2) is 35.2 Å². The fraction of sp³-hybridized carbons (Fsp3) is 0.375. The first-order chi connectivity index (χ1) is 16.3. The predicted molar refractivity (Wildman–Crippen MR) is 130 cm³/mol. The van der Waals surface area contributed by atoms with Crippen LogP contribution in [0, 0.1) is 24.0 Å². The summed E-state index contributed by atoms with van der Waals surface area (Å²) in [5.74, 6) is -0.673. The molecule has 0 radical (unpaired) electrons. The van der Waals surface area contributed by atoms with Crippen LogP contribution in [0.1, 0.15) is 42.6 Å². The molecule has 2 aliphatic heterocycles. The van der Waals surface area contributed by atoms with E-state index in [1.165, 1.54) is 12.1 Å². The van der Waals surface area contributed by atoms with Crippen molar-refractivity contribution in [1.82, 2.24) is 14.4 Å². The van der Waals surface area contributed by atoms with E-state index in [0.29, 0.717) is 18.8 Å². The van der Waals surface area contributed by atoms with Gasteiger partial charge in [-0.3, -0.25) is 29.4 Å². The third kappa shape index (κ3) is 4.77. The van der Waals surface area contributed by atoms with Gasteiger partial charge in [-0.05, 0) is 62.2 Å². The zero-order valence-electron chi connectivity index (χ0n) is 19.2. The highest BCUT2D eigenvalue weighted by Crippen LogP contribution is 2.34.